The Morgan fingerprint density at radius 2 is 1.02 bits per heavy atom. The van der Waals surface area contributed by atoms with Gasteiger partial charge in [0.05, 0.1) is 15.5 Å². The van der Waals surface area contributed by atoms with Crippen molar-refractivity contribution in [1.82, 2.24) is 15.3 Å². The number of thiazole rings is 1. The number of aromatic nitrogens is 3. The molecule has 0 saturated heterocycles. The molecule has 316 valence electrons. The number of anilines is 3. The van der Waals surface area contributed by atoms with Crippen LogP contribution in [0.1, 0.15) is 107 Å². The van der Waals surface area contributed by atoms with E-state index in [1.165, 1.54) is 63.3 Å². The Morgan fingerprint density at radius 1 is 0.603 bits per heavy atom. The van der Waals surface area contributed by atoms with Crippen LogP contribution >= 0.6 is 11.3 Å². The monoisotopic (exact) mass is 856 g/mol. The lowest BCUT2D eigenvalue weighted by Gasteiger charge is -2.23. The fraction of sp³-hybridized carbons (Fsp3) is 0.439. The molecule has 0 aliphatic carbocycles. The fourth-order valence-corrected chi connectivity index (χ4v) is 8.28. The normalized spacial score (nSPS) is 12.7. The number of amides is 2. The highest BCUT2D eigenvalue weighted by atomic mass is 32.2. The number of nitrogens with zero attached hydrogens (tertiary/aromatic N) is 3. The minimum atomic E-state index is -3.85. The molecule has 0 aliphatic rings. The number of rotatable bonds is 8. The van der Waals surface area contributed by atoms with E-state index >= 15 is 0 Å². The molecule has 58 heavy (non-hydrogen) atoms. The Bertz CT molecular complexity index is 2240. The number of sulfone groups is 2. The number of carbonyl (C=O) groups excluding carboxylic acids is 2. The molecule has 14 nitrogen and oxygen atoms in total. The van der Waals surface area contributed by atoms with Crippen molar-refractivity contribution in [2.24, 2.45) is 0 Å². The highest BCUT2D eigenvalue weighted by molar-refractivity contribution is 7.94. The molecule has 0 unspecified atom stereocenters. The molecule has 3 heterocycles. The van der Waals surface area contributed by atoms with Crippen molar-refractivity contribution >= 4 is 59.6 Å². The Hall–Kier alpha value is -4.87. The molecule has 0 saturated carbocycles. The third kappa shape index (κ3) is 11.4. The summed E-state index contributed by atoms with van der Waals surface area (Å²) in [5.74, 6) is 0.805. The molecule has 4 N–H and O–H groups in total. The van der Waals surface area contributed by atoms with E-state index < -0.39 is 41.0 Å². The van der Waals surface area contributed by atoms with Crippen molar-refractivity contribution in [3.05, 3.63) is 95.4 Å². The second kappa shape index (κ2) is 17.5. The second-order valence-electron chi connectivity index (χ2n) is 17.5. The summed E-state index contributed by atoms with van der Waals surface area (Å²) in [6, 6.07) is 19.2. The molecule has 2 amide bonds. The number of hydrogen-bond donors (Lipinski definition) is 3. The maximum atomic E-state index is 12.8. The number of carbonyl (C=O) groups is 2. The minimum Gasteiger partial charge on any atom is -0.381 e. The van der Waals surface area contributed by atoms with Gasteiger partial charge in [0.1, 0.15) is 21.0 Å². The van der Waals surface area contributed by atoms with E-state index in [9.17, 15) is 26.4 Å². The first-order valence-electron chi connectivity index (χ1n) is 18.3. The van der Waals surface area contributed by atoms with E-state index in [-0.39, 0.29) is 31.9 Å². The number of nitrogen functional groups attached to an aromatic ring is 1. The van der Waals surface area contributed by atoms with Crippen LogP contribution in [0.3, 0.4) is 0 Å². The van der Waals surface area contributed by atoms with Crippen molar-refractivity contribution < 1.29 is 35.5 Å². The van der Waals surface area contributed by atoms with Crippen molar-refractivity contribution in [3.8, 4) is 0 Å². The first kappa shape index (κ1) is 47.5. The average Bonchev–Trinajstić information content (AvgIpc) is 3.91. The molecule has 3 aromatic heterocycles. The molecular weight excluding hydrogens is 801 g/mol. The van der Waals surface area contributed by atoms with E-state index in [0.29, 0.717) is 16.7 Å². The van der Waals surface area contributed by atoms with Gasteiger partial charge in [0.15, 0.2) is 36.4 Å². The molecule has 0 atom stereocenters. The first-order valence-corrected chi connectivity index (χ1v) is 22.1. The summed E-state index contributed by atoms with van der Waals surface area (Å²) in [4.78, 5) is 29.7. The average molecular weight is 857 g/mol. The summed E-state index contributed by atoms with van der Waals surface area (Å²) in [7, 11) is -7.66. The van der Waals surface area contributed by atoms with Crippen molar-refractivity contribution in [2.75, 3.05) is 16.4 Å². The van der Waals surface area contributed by atoms with Gasteiger partial charge in [0.2, 0.25) is 11.8 Å². The number of nitrogens with two attached hydrogens (primary N) is 1. The minimum absolute atomic E-state index is 0.00458. The van der Waals surface area contributed by atoms with E-state index in [1.54, 1.807) is 48.5 Å². The van der Waals surface area contributed by atoms with Gasteiger partial charge in [-0.25, -0.2) is 21.8 Å². The van der Waals surface area contributed by atoms with Gasteiger partial charge in [-0.15, -0.1) is 11.3 Å². The highest BCUT2D eigenvalue weighted by Crippen LogP contribution is 2.31. The van der Waals surface area contributed by atoms with Gasteiger partial charge in [-0.2, -0.15) is 0 Å². The van der Waals surface area contributed by atoms with Gasteiger partial charge < -0.3 is 25.4 Å². The van der Waals surface area contributed by atoms with Crippen LogP contribution in [-0.2, 0) is 45.5 Å². The number of benzene rings is 2. The summed E-state index contributed by atoms with van der Waals surface area (Å²) < 4.78 is 57.9. The smallest absolute Gasteiger partial charge is 0.247 e. The molecule has 0 aliphatic heterocycles. The molecule has 0 radical (unpaired) electrons. The molecule has 0 fully saturated rings. The zero-order valence-corrected chi connectivity index (χ0v) is 37.9. The van der Waals surface area contributed by atoms with Crippen LogP contribution in [0.4, 0.5) is 16.8 Å². The molecule has 0 bridgehead atoms. The number of hydrogen-bond acceptors (Lipinski definition) is 13. The van der Waals surface area contributed by atoms with E-state index in [4.69, 9.17) is 14.8 Å². The Labute approximate surface area is 346 Å². The second-order valence-corrected chi connectivity index (χ2v) is 23.4. The maximum absolute atomic E-state index is 12.8. The van der Waals surface area contributed by atoms with Gasteiger partial charge in [0, 0.05) is 33.8 Å². The quantitative estimate of drug-likeness (QED) is 0.134. The van der Waals surface area contributed by atoms with Gasteiger partial charge >= 0.3 is 0 Å². The van der Waals surface area contributed by atoms with E-state index in [2.05, 4.69) is 25.9 Å². The van der Waals surface area contributed by atoms with Crippen LogP contribution < -0.4 is 16.4 Å². The summed E-state index contributed by atoms with van der Waals surface area (Å²) in [5, 5.41) is 14.8. The van der Waals surface area contributed by atoms with Gasteiger partial charge in [-0.1, -0.05) is 109 Å². The van der Waals surface area contributed by atoms with E-state index in [1.807, 2.05) is 67.7 Å². The van der Waals surface area contributed by atoms with Gasteiger partial charge in [0.25, 0.3) is 0 Å². The van der Waals surface area contributed by atoms with Crippen LogP contribution in [0.25, 0.3) is 0 Å². The predicted molar refractivity (Wildman–Crippen MR) is 228 cm³/mol. The Balaban J connectivity index is 0.000000252. The van der Waals surface area contributed by atoms with Crippen molar-refractivity contribution in [1.29, 1.82) is 0 Å². The molecule has 5 rings (SSSR count). The van der Waals surface area contributed by atoms with E-state index in [0.717, 1.165) is 11.5 Å². The lowest BCUT2D eigenvalue weighted by molar-refractivity contribution is -0.118. The predicted octanol–water partition coefficient (Wildman–Crippen LogP) is 8.35. The summed E-state index contributed by atoms with van der Waals surface area (Å²) in [5.41, 5.74) is 5.83. The largest absolute Gasteiger partial charge is 0.381 e. The molecule has 2 aromatic carbocycles. The van der Waals surface area contributed by atoms with Crippen molar-refractivity contribution in [2.45, 2.75) is 126 Å². The summed E-state index contributed by atoms with van der Waals surface area (Å²) in [6.45, 7) is 23.6. The molecule has 5 aromatic rings. The van der Waals surface area contributed by atoms with Crippen LogP contribution in [0.2, 0.25) is 0 Å². The fourth-order valence-electron chi connectivity index (χ4n) is 4.55. The maximum Gasteiger partial charge on any atom is 0.247 e. The zero-order valence-electron chi connectivity index (χ0n) is 35.4. The summed E-state index contributed by atoms with van der Waals surface area (Å²) >= 11 is 1.29. The SMILES string of the molecule is CC(C)(C)c1cc(N)no1.CC(C)(C)c1cc(NC(=O)C(C)(C)S(=O)(=O)c2ccccc2)no1.CC(C)(C)c1csc(NC(=O)C(C)(C)S(=O)(=O)c2ccccc2)n1. The third-order valence-electron chi connectivity index (χ3n) is 8.80. The molecule has 17 heteroatoms. The highest BCUT2D eigenvalue weighted by Gasteiger charge is 2.44. The van der Waals surface area contributed by atoms with Crippen LogP contribution in [0.15, 0.2) is 97.0 Å². The lowest BCUT2D eigenvalue weighted by Crippen LogP contribution is -2.44. The third-order valence-corrected chi connectivity index (χ3v) is 14.4. The zero-order chi connectivity index (χ0) is 44.1. The number of nitrogens with one attached hydrogen (secondary N) is 2. The standard InChI is InChI=1S/C17H22N2O4S.C17H22N2O3S2.C7H12N2O/c1-16(2,3)13-11-14(19-23-13)18-15(20)17(4,5)24(21,22)12-9-7-6-8-10-12;1-16(2,3)13-11-23-15(18-13)19-14(20)17(4,5)24(21,22)12-9-7-6-8-10-12;1-7(2,3)5-4-6(8)9-10-5/h2*6-11H,1-5H3,(H,18,19,20);4H,1-3H3,(H2,8,9). The Kier molecular flexibility index (Phi) is 14.4. The molecule has 0 spiro atoms. The molecular formula is C41H56N6O8S3. The topological polar surface area (TPSA) is 217 Å². The Morgan fingerprint density at radius 3 is 1.36 bits per heavy atom. The van der Waals surface area contributed by atoms with Gasteiger partial charge in [-0.05, 0) is 52.0 Å². The van der Waals surface area contributed by atoms with Crippen LogP contribution in [0.5, 0.6) is 0 Å². The van der Waals surface area contributed by atoms with Gasteiger partial charge in [-0.3, -0.25) is 9.59 Å². The van der Waals surface area contributed by atoms with Crippen LogP contribution in [-0.4, -0.2) is 53.4 Å². The van der Waals surface area contributed by atoms with Crippen molar-refractivity contribution in [3.63, 3.8) is 0 Å². The van der Waals surface area contributed by atoms with Crippen LogP contribution in [0, 0.1) is 0 Å². The lowest BCUT2D eigenvalue weighted by atomic mass is 9.93. The first-order chi connectivity index (χ1) is 26.4. The summed E-state index contributed by atoms with van der Waals surface area (Å²) in [6.07, 6.45) is 0.